The fraction of sp³-hybridized carbons (Fsp3) is 0.167. The van der Waals surface area contributed by atoms with Crippen LogP contribution < -0.4 is 22.1 Å². The Kier molecular flexibility index (Phi) is 12.2. The lowest BCUT2D eigenvalue weighted by Crippen LogP contribution is -2.24. The van der Waals surface area contributed by atoms with Crippen LogP contribution in [0.25, 0.3) is 0 Å². The lowest BCUT2D eigenvalue weighted by atomic mass is 9.97. The molecule has 32 heavy (non-hydrogen) atoms. The van der Waals surface area contributed by atoms with Crippen LogP contribution in [0.5, 0.6) is 0 Å². The molecule has 0 aromatic heterocycles. The Morgan fingerprint density at radius 1 is 0.688 bits per heavy atom. The highest BCUT2D eigenvalue weighted by atomic mass is 32.1. The van der Waals surface area contributed by atoms with Gasteiger partial charge >= 0.3 is 0 Å². The van der Waals surface area contributed by atoms with E-state index in [1.54, 1.807) is 12.2 Å². The minimum absolute atomic E-state index is 0.244. The molecule has 1 aliphatic carbocycles. The van der Waals surface area contributed by atoms with E-state index in [-0.39, 0.29) is 11.1 Å². The number of nitrogens with one attached hydrogen (secondary N) is 2. The third-order valence-corrected chi connectivity index (χ3v) is 5.09. The van der Waals surface area contributed by atoms with E-state index in [0.29, 0.717) is 0 Å². The molecule has 168 valence electrons. The van der Waals surface area contributed by atoms with Crippen LogP contribution in [-0.4, -0.2) is 35.9 Å². The highest BCUT2D eigenvalue weighted by molar-refractivity contribution is 7.81. The minimum atomic E-state index is -0.597. The van der Waals surface area contributed by atoms with Crippen LogP contribution in [0.1, 0.15) is 24.0 Å². The van der Waals surface area contributed by atoms with Gasteiger partial charge in [-0.15, -0.1) is 0 Å². The van der Waals surface area contributed by atoms with E-state index in [9.17, 15) is 9.59 Å². The summed E-state index contributed by atoms with van der Waals surface area (Å²) in [5.41, 5.74) is 12.7. The van der Waals surface area contributed by atoms with Gasteiger partial charge in [0.25, 0.3) is 0 Å². The molecule has 2 amide bonds. The molecule has 1 aliphatic rings. The molecule has 3 rings (SSSR count). The molecule has 0 heterocycles. The molecule has 0 aliphatic heterocycles. The number of primary amides is 2. The number of allylic oxidation sites excluding steroid dienone is 2. The largest absolute Gasteiger partial charge is 0.379 e. The number of benzene rings is 2. The van der Waals surface area contributed by atoms with Crippen molar-refractivity contribution in [2.45, 2.75) is 12.8 Å². The van der Waals surface area contributed by atoms with E-state index < -0.39 is 11.8 Å². The van der Waals surface area contributed by atoms with Crippen LogP contribution in [-0.2, 0) is 9.59 Å². The van der Waals surface area contributed by atoms with Crippen molar-refractivity contribution in [1.29, 1.82) is 0 Å². The molecule has 8 heteroatoms. The summed E-state index contributed by atoms with van der Waals surface area (Å²) in [6.45, 7) is 0. The Morgan fingerprint density at radius 2 is 1.00 bits per heavy atom. The molecular formula is C24H28N4O2S2. The second-order valence-electron chi connectivity index (χ2n) is 6.43. The summed E-state index contributed by atoms with van der Waals surface area (Å²) >= 11 is 10.0. The van der Waals surface area contributed by atoms with Gasteiger partial charge in [0.05, 0.1) is 0 Å². The summed E-state index contributed by atoms with van der Waals surface area (Å²) in [6, 6.07) is 19.8. The van der Waals surface area contributed by atoms with Crippen LogP contribution in [0.4, 0.5) is 0 Å². The van der Waals surface area contributed by atoms with Gasteiger partial charge in [0.1, 0.15) is 9.98 Å². The highest BCUT2D eigenvalue weighted by Gasteiger charge is 2.17. The van der Waals surface area contributed by atoms with Gasteiger partial charge in [-0.3, -0.25) is 9.59 Å². The number of hydrogen-bond acceptors (Lipinski definition) is 4. The van der Waals surface area contributed by atoms with Gasteiger partial charge < -0.3 is 22.1 Å². The summed E-state index contributed by atoms with van der Waals surface area (Å²) in [5.74, 6) is -1.19. The average molecular weight is 469 g/mol. The SMILES string of the molecule is CNC(=S)c1ccccc1.CNC(=S)c1ccccc1.NC(=O)C1=CCCC=C1C(N)=O. The smallest absolute Gasteiger partial charge is 0.249 e. The number of amides is 2. The van der Waals surface area contributed by atoms with Crippen molar-refractivity contribution in [1.82, 2.24) is 10.6 Å². The molecule has 0 radical (unpaired) electrons. The van der Waals surface area contributed by atoms with Crippen molar-refractivity contribution in [3.8, 4) is 0 Å². The molecule has 0 saturated heterocycles. The zero-order valence-electron chi connectivity index (χ0n) is 18.1. The lowest BCUT2D eigenvalue weighted by molar-refractivity contribution is -0.117. The first-order valence-electron chi connectivity index (χ1n) is 9.86. The normalized spacial score (nSPS) is 11.7. The molecule has 0 fully saturated rings. The number of thiocarbonyl (C=S) groups is 2. The van der Waals surface area contributed by atoms with Crippen LogP contribution in [0.15, 0.2) is 84.0 Å². The van der Waals surface area contributed by atoms with Gasteiger partial charge in [-0.25, -0.2) is 0 Å². The molecule has 0 saturated carbocycles. The number of rotatable bonds is 4. The Morgan fingerprint density at radius 3 is 1.25 bits per heavy atom. The van der Waals surface area contributed by atoms with Crippen molar-refractivity contribution in [2.24, 2.45) is 11.5 Å². The molecule has 0 spiro atoms. The fourth-order valence-corrected chi connectivity index (χ4v) is 2.88. The summed E-state index contributed by atoms with van der Waals surface area (Å²) in [7, 11) is 3.66. The number of nitrogens with two attached hydrogens (primary N) is 2. The number of carbonyl (C=O) groups excluding carboxylic acids is 2. The van der Waals surface area contributed by atoms with Gasteiger partial charge in [0, 0.05) is 36.4 Å². The molecule has 0 unspecified atom stereocenters. The van der Waals surface area contributed by atoms with E-state index in [4.69, 9.17) is 35.9 Å². The molecule has 0 atom stereocenters. The van der Waals surface area contributed by atoms with Crippen molar-refractivity contribution in [3.05, 3.63) is 95.1 Å². The Hall–Kier alpha value is -3.36. The predicted molar refractivity (Wildman–Crippen MR) is 138 cm³/mol. The van der Waals surface area contributed by atoms with E-state index in [1.807, 2.05) is 74.8 Å². The molecular weight excluding hydrogens is 440 g/mol. The van der Waals surface area contributed by atoms with Crippen molar-refractivity contribution >= 4 is 46.2 Å². The summed E-state index contributed by atoms with van der Waals surface area (Å²) in [4.78, 5) is 23.1. The van der Waals surface area contributed by atoms with Crippen LogP contribution >= 0.6 is 24.4 Å². The molecule has 6 nitrogen and oxygen atoms in total. The van der Waals surface area contributed by atoms with Gasteiger partial charge in [0.2, 0.25) is 11.8 Å². The number of hydrogen-bond donors (Lipinski definition) is 4. The quantitative estimate of drug-likeness (QED) is 0.514. The summed E-state index contributed by atoms with van der Waals surface area (Å²) in [5, 5.41) is 5.83. The topological polar surface area (TPSA) is 110 Å². The van der Waals surface area contributed by atoms with Gasteiger partial charge in [-0.2, -0.15) is 0 Å². The maximum atomic E-state index is 10.8. The zero-order valence-corrected chi connectivity index (χ0v) is 19.8. The molecule has 6 N–H and O–H groups in total. The molecule has 2 aromatic carbocycles. The third-order valence-electron chi connectivity index (χ3n) is 4.21. The fourth-order valence-electron chi connectivity index (χ4n) is 2.61. The van der Waals surface area contributed by atoms with Crippen LogP contribution in [0, 0.1) is 0 Å². The van der Waals surface area contributed by atoms with Crippen LogP contribution in [0.3, 0.4) is 0 Å². The molecule has 2 aromatic rings. The first kappa shape index (κ1) is 26.7. The van der Waals surface area contributed by atoms with Gasteiger partial charge in [-0.1, -0.05) is 97.3 Å². The third kappa shape index (κ3) is 9.20. The number of carbonyl (C=O) groups is 2. The van der Waals surface area contributed by atoms with Gasteiger partial charge in [-0.05, 0) is 12.8 Å². The average Bonchev–Trinajstić information content (AvgIpc) is 2.84. The highest BCUT2D eigenvalue weighted by Crippen LogP contribution is 2.17. The van der Waals surface area contributed by atoms with Crippen molar-refractivity contribution in [2.75, 3.05) is 14.1 Å². The molecule has 0 bridgehead atoms. The second kappa shape index (κ2) is 14.6. The van der Waals surface area contributed by atoms with Crippen molar-refractivity contribution in [3.63, 3.8) is 0 Å². The Balaban J connectivity index is 0.000000241. The predicted octanol–water partition coefficient (Wildman–Crippen LogP) is 2.77. The Bertz CT molecular complexity index is 906. The van der Waals surface area contributed by atoms with E-state index >= 15 is 0 Å². The van der Waals surface area contributed by atoms with E-state index in [0.717, 1.165) is 33.9 Å². The van der Waals surface area contributed by atoms with Crippen LogP contribution in [0.2, 0.25) is 0 Å². The van der Waals surface area contributed by atoms with Crippen molar-refractivity contribution < 1.29 is 9.59 Å². The van der Waals surface area contributed by atoms with E-state index in [1.165, 1.54) is 0 Å². The maximum absolute atomic E-state index is 10.8. The monoisotopic (exact) mass is 468 g/mol. The Labute approximate surface area is 199 Å². The maximum Gasteiger partial charge on any atom is 0.249 e. The van der Waals surface area contributed by atoms with E-state index in [2.05, 4.69) is 10.6 Å². The summed E-state index contributed by atoms with van der Waals surface area (Å²) in [6.07, 6.45) is 4.74. The standard InChI is InChI=1S/C8H10N2O2.2C8H9NS/c9-7(11)5-3-1-2-4-6(5)8(10)12;2*1-9-8(10)7-5-3-2-4-6-7/h3-4H,1-2H2,(H2,9,11)(H2,10,12);2*2-6H,1H3,(H,9,10). The first-order valence-corrected chi connectivity index (χ1v) is 10.7. The second-order valence-corrected chi connectivity index (χ2v) is 7.25. The lowest BCUT2D eigenvalue weighted by Gasteiger charge is -2.09. The summed E-state index contributed by atoms with van der Waals surface area (Å²) < 4.78 is 0. The zero-order chi connectivity index (χ0) is 23.9. The van der Waals surface area contributed by atoms with Gasteiger partial charge in [0.15, 0.2) is 0 Å². The first-order chi connectivity index (χ1) is 15.3. The minimum Gasteiger partial charge on any atom is -0.379 e.